The number of nitrogens with zero attached hydrogens (tertiary/aromatic N) is 1. The van der Waals surface area contributed by atoms with Gasteiger partial charge in [-0.15, -0.1) is 0 Å². The lowest BCUT2D eigenvalue weighted by Crippen LogP contribution is -2.41. The summed E-state index contributed by atoms with van der Waals surface area (Å²) >= 11 is 0. The first-order valence-corrected chi connectivity index (χ1v) is 6.23. The van der Waals surface area contributed by atoms with E-state index in [1.165, 1.54) is 6.07 Å². The van der Waals surface area contributed by atoms with Gasteiger partial charge in [0.2, 0.25) is 0 Å². The predicted octanol–water partition coefficient (Wildman–Crippen LogP) is 2.64. The Labute approximate surface area is 108 Å². The lowest BCUT2D eigenvalue weighted by molar-refractivity contribution is 0.224. The van der Waals surface area contributed by atoms with Crippen LogP contribution in [0.15, 0.2) is 18.2 Å². The second-order valence-corrected chi connectivity index (χ2v) is 5.15. The third-order valence-electron chi connectivity index (χ3n) is 3.10. The smallest absolute Gasteiger partial charge is 0.159 e. The van der Waals surface area contributed by atoms with Gasteiger partial charge in [-0.25, -0.2) is 8.78 Å². The molecule has 1 rings (SSSR count). The molecule has 0 amide bonds. The molecule has 0 saturated heterocycles. The Morgan fingerprint density at radius 3 is 2.33 bits per heavy atom. The van der Waals surface area contributed by atoms with E-state index >= 15 is 0 Å². The molecule has 2 nitrogen and oxygen atoms in total. The highest BCUT2D eigenvalue weighted by molar-refractivity contribution is 5.17. The largest absolute Gasteiger partial charge is 0.311 e. The Balaban J connectivity index is 2.47. The average molecular weight is 256 g/mol. The Bertz CT molecular complexity index is 370. The van der Waals surface area contributed by atoms with E-state index in [0.717, 1.165) is 18.2 Å². The molecule has 0 bridgehead atoms. The van der Waals surface area contributed by atoms with Crippen molar-refractivity contribution in [3.63, 3.8) is 0 Å². The number of rotatable bonds is 6. The van der Waals surface area contributed by atoms with Crippen LogP contribution in [-0.4, -0.2) is 31.6 Å². The average Bonchev–Trinajstić information content (AvgIpc) is 2.28. The van der Waals surface area contributed by atoms with Gasteiger partial charge in [0.15, 0.2) is 11.6 Å². The molecule has 0 aliphatic heterocycles. The highest BCUT2D eigenvalue weighted by Gasteiger charge is 2.14. The van der Waals surface area contributed by atoms with Crippen molar-refractivity contribution in [2.24, 2.45) is 5.92 Å². The molecule has 18 heavy (non-hydrogen) atoms. The van der Waals surface area contributed by atoms with E-state index in [0.29, 0.717) is 18.5 Å². The molecule has 0 radical (unpaired) electrons. The van der Waals surface area contributed by atoms with Crippen molar-refractivity contribution < 1.29 is 8.78 Å². The fraction of sp³-hybridized carbons (Fsp3) is 0.571. The Kier molecular flexibility index (Phi) is 5.69. The Morgan fingerprint density at radius 1 is 1.17 bits per heavy atom. The van der Waals surface area contributed by atoms with Gasteiger partial charge >= 0.3 is 0 Å². The number of hydrogen-bond donors (Lipinski definition) is 1. The lowest BCUT2D eigenvalue weighted by atomic mass is 10.0. The maximum absolute atomic E-state index is 13.0. The van der Waals surface area contributed by atoms with Gasteiger partial charge in [0.25, 0.3) is 0 Å². The summed E-state index contributed by atoms with van der Waals surface area (Å²) in [4.78, 5) is 2.17. The van der Waals surface area contributed by atoms with Crippen molar-refractivity contribution >= 4 is 0 Å². The SMILES string of the molecule is CC(C)C(CNCc1ccc(F)c(F)c1)N(C)C. The van der Waals surface area contributed by atoms with Crippen molar-refractivity contribution in [2.45, 2.75) is 26.4 Å². The van der Waals surface area contributed by atoms with Gasteiger partial charge in [0, 0.05) is 19.1 Å². The molecule has 1 unspecified atom stereocenters. The zero-order chi connectivity index (χ0) is 13.7. The van der Waals surface area contributed by atoms with Gasteiger partial charge in [-0.1, -0.05) is 19.9 Å². The van der Waals surface area contributed by atoms with Crippen molar-refractivity contribution in [2.75, 3.05) is 20.6 Å². The van der Waals surface area contributed by atoms with Gasteiger partial charge in [0.1, 0.15) is 0 Å². The second kappa shape index (κ2) is 6.81. The number of hydrogen-bond acceptors (Lipinski definition) is 2. The lowest BCUT2D eigenvalue weighted by Gasteiger charge is -2.28. The molecule has 0 spiro atoms. The quantitative estimate of drug-likeness (QED) is 0.841. The minimum atomic E-state index is -0.799. The van der Waals surface area contributed by atoms with Crippen LogP contribution in [0.3, 0.4) is 0 Å². The summed E-state index contributed by atoms with van der Waals surface area (Å²) in [7, 11) is 4.09. The maximum Gasteiger partial charge on any atom is 0.159 e. The van der Waals surface area contributed by atoms with Crippen LogP contribution < -0.4 is 5.32 Å². The minimum absolute atomic E-state index is 0.426. The molecule has 0 aromatic heterocycles. The molecule has 1 aromatic carbocycles. The molecule has 0 heterocycles. The monoisotopic (exact) mass is 256 g/mol. The summed E-state index contributed by atoms with van der Waals surface area (Å²) < 4.78 is 25.8. The van der Waals surface area contributed by atoms with E-state index < -0.39 is 11.6 Å². The van der Waals surface area contributed by atoms with Crippen molar-refractivity contribution in [1.82, 2.24) is 10.2 Å². The molecule has 1 aromatic rings. The van der Waals surface area contributed by atoms with E-state index in [1.54, 1.807) is 6.07 Å². The van der Waals surface area contributed by atoms with E-state index in [-0.39, 0.29) is 0 Å². The van der Waals surface area contributed by atoms with Crippen LogP contribution in [0.25, 0.3) is 0 Å². The fourth-order valence-corrected chi connectivity index (χ4v) is 2.03. The summed E-state index contributed by atoms with van der Waals surface area (Å²) in [6, 6.07) is 4.43. The van der Waals surface area contributed by atoms with Crippen LogP contribution in [-0.2, 0) is 6.54 Å². The van der Waals surface area contributed by atoms with Crippen LogP contribution in [0.5, 0.6) is 0 Å². The third-order valence-corrected chi connectivity index (χ3v) is 3.10. The topological polar surface area (TPSA) is 15.3 Å². The van der Waals surface area contributed by atoms with Crippen molar-refractivity contribution in [1.29, 1.82) is 0 Å². The molecular formula is C14H22F2N2. The number of benzene rings is 1. The van der Waals surface area contributed by atoms with Gasteiger partial charge in [-0.05, 0) is 37.7 Å². The zero-order valence-corrected chi connectivity index (χ0v) is 11.5. The summed E-state index contributed by atoms with van der Waals surface area (Å²) in [5.41, 5.74) is 0.759. The van der Waals surface area contributed by atoms with Crippen molar-refractivity contribution in [3.05, 3.63) is 35.4 Å². The normalized spacial score (nSPS) is 13.3. The van der Waals surface area contributed by atoms with Crippen LogP contribution in [0.4, 0.5) is 8.78 Å². The first-order valence-electron chi connectivity index (χ1n) is 6.23. The standard InChI is InChI=1S/C14H22F2N2/c1-10(2)14(18(3)4)9-17-8-11-5-6-12(15)13(16)7-11/h5-7,10,14,17H,8-9H2,1-4H3. The van der Waals surface area contributed by atoms with Gasteiger partial charge in [-0.2, -0.15) is 0 Å². The molecule has 102 valence electrons. The van der Waals surface area contributed by atoms with E-state index in [9.17, 15) is 8.78 Å². The Hall–Kier alpha value is -1.00. The summed E-state index contributed by atoms with van der Waals surface area (Å²) in [6.07, 6.45) is 0. The number of halogens is 2. The highest BCUT2D eigenvalue weighted by Crippen LogP contribution is 2.09. The molecule has 1 atom stereocenters. The van der Waals surface area contributed by atoms with Crippen LogP contribution in [0.1, 0.15) is 19.4 Å². The summed E-state index contributed by atoms with van der Waals surface area (Å²) in [5, 5.41) is 3.28. The fourth-order valence-electron chi connectivity index (χ4n) is 2.03. The zero-order valence-electron chi connectivity index (χ0n) is 11.5. The minimum Gasteiger partial charge on any atom is -0.311 e. The molecule has 0 saturated carbocycles. The molecular weight excluding hydrogens is 234 g/mol. The molecule has 4 heteroatoms. The van der Waals surface area contributed by atoms with Crippen LogP contribution in [0, 0.1) is 17.6 Å². The highest BCUT2D eigenvalue weighted by atomic mass is 19.2. The Morgan fingerprint density at radius 2 is 1.83 bits per heavy atom. The molecule has 0 aliphatic rings. The predicted molar refractivity (Wildman–Crippen MR) is 70.4 cm³/mol. The van der Waals surface area contributed by atoms with Gasteiger partial charge < -0.3 is 10.2 Å². The first kappa shape index (κ1) is 15.1. The first-order chi connectivity index (χ1) is 8.41. The maximum atomic E-state index is 13.0. The van der Waals surface area contributed by atoms with Gasteiger partial charge in [-0.3, -0.25) is 0 Å². The summed E-state index contributed by atoms with van der Waals surface area (Å²) in [5.74, 6) is -1.05. The van der Waals surface area contributed by atoms with Gasteiger partial charge in [0.05, 0.1) is 0 Å². The van der Waals surface area contributed by atoms with E-state index in [2.05, 4.69) is 24.1 Å². The van der Waals surface area contributed by atoms with Crippen LogP contribution in [0.2, 0.25) is 0 Å². The number of nitrogens with one attached hydrogen (secondary N) is 1. The second-order valence-electron chi connectivity index (χ2n) is 5.15. The van der Waals surface area contributed by atoms with Crippen molar-refractivity contribution in [3.8, 4) is 0 Å². The molecule has 1 N–H and O–H groups in total. The van der Waals surface area contributed by atoms with E-state index in [4.69, 9.17) is 0 Å². The third kappa shape index (κ3) is 4.35. The summed E-state index contributed by atoms with van der Waals surface area (Å²) in [6.45, 7) is 5.71. The number of likely N-dealkylation sites (N-methyl/N-ethyl adjacent to an activating group) is 1. The van der Waals surface area contributed by atoms with E-state index in [1.807, 2.05) is 14.1 Å². The van der Waals surface area contributed by atoms with Crippen LogP contribution >= 0.6 is 0 Å². The molecule has 0 aliphatic carbocycles. The molecule has 0 fully saturated rings.